The lowest BCUT2D eigenvalue weighted by molar-refractivity contribution is -0.130. The normalized spacial score (nSPS) is 24.4. The molecule has 0 heterocycles. The first-order chi connectivity index (χ1) is 8.02. The summed E-state index contributed by atoms with van der Waals surface area (Å²) in [5.74, 6) is 0.896. The van der Waals surface area contributed by atoms with Gasteiger partial charge in [-0.3, -0.25) is 9.59 Å². The van der Waals surface area contributed by atoms with E-state index in [1.54, 1.807) is 0 Å². The zero-order chi connectivity index (χ0) is 12.8. The third-order valence-electron chi connectivity index (χ3n) is 3.43. The molecule has 98 valence electrons. The molecular weight excluding hydrogens is 236 g/mol. The first kappa shape index (κ1) is 14.4. The Hall–Kier alpha value is -0.710. The third kappa shape index (κ3) is 4.58. The van der Waals surface area contributed by atoms with E-state index in [-0.39, 0.29) is 17.6 Å². The highest BCUT2D eigenvalue weighted by Gasteiger charge is 2.27. The Morgan fingerprint density at radius 2 is 1.94 bits per heavy atom. The van der Waals surface area contributed by atoms with Gasteiger partial charge < -0.3 is 10.6 Å². The van der Waals surface area contributed by atoms with Crippen molar-refractivity contribution in [3.8, 4) is 0 Å². The molecule has 2 amide bonds. The van der Waals surface area contributed by atoms with Crippen LogP contribution in [0, 0.1) is 5.92 Å². The SMILES string of the molecule is C[C@@H]1CCCC[C@H]1N(C)C(=O)CSCC(N)=O. The van der Waals surface area contributed by atoms with Gasteiger partial charge >= 0.3 is 0 Å². The molecule has 0 unspecified atom stereocenters. The zero-order valence-corrected chi connectivity index (χ0v) is 11.5. The Balaban J connectivity index is 2.37. The van der Waals surface area contributed by atoms with E-state index in [0.29, 0.717) is 17.7 Å². The molecule has 0 radical (unpaired) electrons. The monoisotopic (exact) mass is 258 g/mol. The van der Waals surface area contributed by atoms with E-state index in [2.05, 4.69) is 6.92 Å². The molecule has 17 heavy (non-hydrogen) atoms. The van der Waals surface area contributed by atoms with Crippen molar-refractivity contribution in [1.82, 2.24) is 4.90 Å². The van der Waals surface area contributed by atoms with Gasteiger partial charge in [0.05, 0.1) is 11.5 Å². The number of carbonyl (C=O) groups excluding carboxylic acids is 2. The van der Waals surface area contributed by atoms with Crippen LogP contribution in [0.15, 0.2) is 0 Å². The molecule has 1 saturated carbocycles. The zero-order valence-electron chi connectivity index (χ0n) is 10.6. The van der Waals surface area contributed by atoms with E-state index in [9.17, 15) is 9.59 Å². The smallest absolute Gasteiger partial charge is 0.232 e. The third-order valence-corrected chi connectivity index (χ3v) is 4.37. The first-order valence-corrected chi connectivity index (χ1v) is 7.29. The summed E-state index contributed by atoms with van der Waals surface area (Å²) in [5, 5.41) is 0. The topological polar surface area (TPSA) is 63.4 Å². The van der Waals surface area contributed by atoms with E-state index in [1.807, 2.05) is 11.9 Å². The molecular formula is C12H22N2O2S. The second-order valence-electron chi connectivity index (χ2n) is 4.79. The van der Waals surface area contributed by atoms with Crippen LogP contribution in [0.2, 0.25) is 0 Å². The fourth-order valence-electron chi connectivity index (χ4n) is 2.40. The molecule has 0 aromatic carbocycles. The Labute approximate surface area is 107 Å². The highest BCUT2D eigenvalue weighted by molar-refractivity contribution is 8.00. The van der Waals surface area contributed by atoms with Gasteiger partial charge in [0.2, 0.25) is 11.8 Å². The molecule has 0 aromatic rings. The van der Waals surface area contributed by atoms with Crippen LogP contribution in [0.3, 0.4) is 0 Å². The van der Waals surface area contributed by atoms with Crippen LogP contribution in [0.5, 0.6) is 0 Å². The molecule has 2 N–H and O–H groups in total. The maximum atomic E-state index is 11.9. The lowest BCUT2D eigenvalue weighted by Crippen LogP contribution is -2.43. The predicted octanol–water partition coefficient (Wildman–Crippen LogP) is 1.24. The lowest BCUT2D eigenvalue weighted by Gasteiger charge is -2.36. The van der Waals surface area contributed by atoms with Crippen molar-refractivity contribution < 1.29 is 9.59 Å². The number of primary amides is 1. The Morgan fingerprint density at radius 3 is 2.53 bits per heavy atom. The average molecular weight is 258 g/mol. The van der Waals surface area contributed by atoms with Gasteiger partial charge in [-0.15, -0.1) is 11.8 Å². The number of thioether (sulfide) groups is 1. The summed E-state index contributed by atoms with van der Waals surface area (Å²) in [6, 6.07) is 0.366. The summed E-state index contributed by atoms with van der Waals surface area (Å²) in [6.07, 6.45) is 4.79. The van der Waals surface area contributed by atoms with Crippen molar-refractivity contribution in [3.05, 3.63) is 0 Å². The van der Waals surface area contributed by atoms with E-state index >= 15 is 0 Å². The number of nitrogens with zero attached hydrogens (tertiary/aromatic N) is 1. The maximum Gasteiger partial charge on any atom is 0.232 e. The molecule has 4 nitrogen and oxygen atoms in total. The highest BCUT2D eigenvalue weighted by Crippen LogP contribution is 2.27. The molecule has 2 atom stereocenters. The number of hydrogen-bond acceptors (Lipinski definition) is 3. The molecule has 1 rings (SSSR count). The van der Waals surface area contributed by atoms with Gasteiger partial charge in [-0.25, -0.2) is 0 Å². The quantitative estimate of drug-likeness (QED) is 0.807. The van der Waals surface area contributed by atoms with Crippen molar-refractivity contribution in [3.63, 3.8) is 0 Å². The van der Waals surface area contributed by atoms with Gasteiger partial charge in [-0.2, -0.15) is 0 Å². The summed E-state index contributed by atoms with van der Waals surface area (Å²) >= 11 is 1.30. The lowest BCUT2D eigenvalue weighted by atomic mass is 9.85. The van der Waals surface area contributed by atoms with Gasteiger partial charge in [0.1, 0.15) is 0 Å². The standard InChI is InChI=1S/C12H22N2O2S/c1-9-5-3-4-6-10(9)14(2)12(16)8-17-7-11(13)15/h9-10H,3-8H2,1-2H3,(H2,13,15)/t9-,10-/m1/s1. The fourth-order valence-corrected chi connectivity index (χ4v) is 3.08. The summed E-state index contributed by atoms with van der Waals surface area (Å²) < 4.78 is 0. The molecule has 1 fully saturated rings. The summed E-state index contributed by atoms with van der Waals surface area (Å²) in [4.78, 5) is 24.4. The fraction of sp³-hybridized carbons (Fsp3) is 0.833. The molecule has 0 aliphatic heterocycles. The molecule has 1 aliphatic carbocycles. The van der Waals surface area contributed by atoms with Crippen molar-refractivity contribution >= 4 is 23.6 Å². The second kappa shape index (κ2) is 6.89. The molecule has 0 saturated heterocycles. The van der Waals surface area contributed by atoms with Gasteiger partial charge in [0, 0.05) is 13.1 Å². The molecule has 5 heteroatoms. The van der Waals surface area contributed by atoms with Gasteiger partial charge in [0.25, 0.3) is 0 Å². The van der Waals surface area contributed by atoms with Gasteiger partial charge in [-0.1, -0.05) is 19.8 Å². The van der Waals surface area contributed by atoms with E-state index < -0.39 is 0 Å². The van der Waals surface area contributed by atoms with Crippen LogP contribution in [0.4, 0.5) is 0 Å². The van der Waals surface area contributed by atoms with Crippen LogP contribution in [-0.4, -0.2) is 41.3 Å². The summed E-state index contributed by atoms with van der Waals surface area (Å²) in [5.41, 5.74) is 5.03. The molecule has 0 bridgehead atoms. The molecule has 1 aliphatic rings. The molecule has 0 aromatic heterocycles. The number of hydrogen-bond donors (Lipinski definition) is 1. The predicted molar refractivity (Wildman–Crippen MR) is 70.7 cm³/mol. The van der Waals surface area contributed by atoms with Crippen molar-refractivity contribution in [2.75, 3.05) is 18.6 Å². The highest BCUT2D eigenvalue weighted by atomic mass is 32.2. The van der Waals surface area contributed by atoms with E-state index in [0.717, 1.165) is 6.42 Å². The Kier molecular flexibility index (Phi) is 5.82. The summed E-state index contributed by atoms with van der Waals surface area (Å²) in [7, 11) is 1.87. The van der Waals surface area contributed by atoms with Gasteiger partial charge in [0.15, 0.2) is 0 Å². The minimum atomic E-state index is -0.364. The van der Waals surface area contributed by atoms with Crippen LogP contribution in [0.25, 0.3) is 0 Å². The number of amides is 2. The van der Waals surface area contributed by atoms with Crippen molar-refractivity contribution in [2.24, 2.45) is 11.7 Å². The van der Waals surface area contributed by atoms with Crippen molar-refractivity contribution in [1.29, 1.82) is 0 Å². The Bertz CT molecular complexity index is 284. The Morgan fingerprint density at radius 1 is 1.29 bits per heavy atom. The minimum Gasteiger partial charge on any atom is -0.369 e. The first-order valence-electron chi connectivity index (χ1n) is 6.14. The van der Waals surface area contributed by atoms with Crippen LogP contribution >= 0.6 is 11.8 Å². The van der Waals surface area contributed by atoms with Crippen LogP contribution in [-0.2, 0) is 9.59 Å². The number of nitrogens with two attached hydrogens (primary N) is 1. The van der Waals surface area contributed by atoms with Gasteiger partial charge in [-0.05, 0) is 18.8 Å². The van der Waals surface area contributed by atoms with Crippen molar-refractivity contribution in [2.45, 2.75) is 38.6 Å². The molecule has 0 spiro atoms. The van der Waals surface area contributed by atoms with E-state index in [1.165, 1.54) is 31.0 Å². The largest absolute Gasteiger partial charge is 0.369 e. The minimum absolute atomic E-state index is 0.106. The summed E-state index contributed by atoms with van der Waals surface area (Å²) in [6.45, 7) is 2.21. The number of carbonyl (C=O) groups is 2. The maximum absolute atomic E-state index is 11.9. The van der Waals surface area contributed by atoms with Crippen LogP contribution < -0.4 is 5.73 Å². The van der Waals surface area contributed by atoms with E-state index in [4.69, 9.17) is 5.73 Å². The van der Waals surface area contributed by atoms with Crippen LogP contribution in [0.1, 0.15) is 32.6 Å². The number of rotatable bonds is 5. The average Bonchev–Trinajstić information content (AvgIpc) is 2.28. The second-order valence-corrected chi connectivity index (χ2v) is 5.78.